The number of nitro groups is 1. The lowest BCUT2D eigenvalue weighted by atomic mass is 9.81. The summed E-state index contributed by atoms with van der Waals surface area (Å²) in [4.78, 5) is 39.7. The average Bonchev–Trinajstić information content (AvgIpc) is 2.84. The minimum absolute atomic E-state index is 0.0515. The lowest BCUT2D eigenvalue weighted by molar-refractivity contribution is -0.384. The molecule has 1 aliphatic heterocycles. The van der Waals surface area contributed by atoms with E-state index in [0.717, 1.165) is 57.3 Å². The second kappa shape index (κ2) is 10.7. The number of amides is 1. The van der Waals surface area contributed by atoms with Crippen LogP contribution in [0.1, 0.15) is 32.1 Å². The van der Waals surface area contributed by atoms with Gasteiger partial charge in [0.2, 0.25) is 11.8 Å². The predicted octanol–water partition coefficient (Wildman–Crippen LogP) is 2.66. The highest BCUT2D eigenvalue weighted by molar-refractivity contribution is 5.65. The maximum atomic E-state index is 11.6. The first-order valence-electron chi connectivity index (χ1n) is 11.8. The topological polar surface area (TPSA) is 162 Å². The van der Waals surface area contributed by atoms with Crippen molar-refractivity contribution in [3.8, 4) is 0 Å². The number of nitrogens with one attached hydrogen (secondary N) is 3. The monoisotopic (exact) mass is 485 g/mol. The van der Waals surface area contributed by atoms with Gasteiger partial charge in [-0.1, -0.05) is 19.3 Å². The van der Waals surface area contributed by atoms with Gasteiger partial charge in [-0.15, -0.1) is 0 Å². The fourth-order valence-corrected chi connectivity index (χ4v) is 4.56. The largest absolute Gasteiger partial charge is 0.465 e. The van der Waals surface area contributed by atoms with Gasteiger partial charge in [0, 0.05) is 32.7 Å². The van der Waals surface area contributed by atoms with E-state index in [0.29, 0.717) is 18.7 Å². The smallest absolute Gasteiger partial charge is 0.404 e. The molecule has 2 aromatic rings. The van der Waals surface area contributed by atoms with Gasteiger partial charge in [-0.3, -0.25) is 10.1 Å². The molecular weight excluding hydrogens is 454 g/mol. The molecule has 4 rings (SSSR count). The van der Waals surface area contributed by atoms with Crippen molar-refractivity contribution in [1.82, 2.24) is 25.2 Å². The van der Waals surface area contributed by atoms with Crippen molar-refractivity contribution in [3.63, 3.8) is 0 Å². The molecule has 1 saturated carbocycles. The summed E-state index contributed by atoms with van der Waals surface area (Å²) in [7, 11) is 2.11. The third kappa shape index (κ3) is 6.23. The van der Waals surface area contributed by atoms with Crippen LogP contribution in [0.3, 0.4) is 0 Å². The third-order valence-electron chi connectivity index (χ3n) is 6.59. The van der Waals surface area contributed by atoms with Crippen LogP contribution in [-0.4, -0.2) is 81.3 Å². The summed E-state index contributed by atoms with van der Waals surface area (Å²) < 4.78 is 0. The SMILES string of the molecule is CN1CCN(c2ccc(Nc3ncc([N+](=O)[O-])c(NC4(CNC(=O)O)CCCCC4)n3)nc2)CC1. The van der Waals surface area contributed by atoms with Gasteiger partial charge in [-0.25, -0.2) is 14.8 Å². The quantitative estimate of drug-likeness (QED) is 0.321. The molecule has 2 aliphatic rings. The van der Waals surface area contributed by atoms with E-state index in [4.69, 9.17) is 5.11 Å². The Kier molecular flexibility index (Phi) is 7.44. The molecule has 188 valence electrons. The lowest BCUT2D eigenvalue weighted by Gasteiger charge is -2.38. The second-order valence-corrected chi connectivity index (χ2v) is 9.13. The summed E-state index contributed by atoms with van der Waals surface area (Å²) in [6.07, 6.45) is 5.96. The van der Waals surface area contributed by atoms with E-state index in [9.17, 15) is 14.9 Å². The van der Waals surface area contributed by atoms with E-state index in [-0.39, 0.29) is 24.0 Å². The summed E-state index contributed by atoms with van der Waals surface area (Å²) in [6.45, 7) is 3.99. The van der Waals surface area contributed by atoms with Crippen molar-refractivity contribution in [2.45, 2.75) is 37.6 Å². The molecule has 0 spiro atoms. The second-order valence-electron chi connectivity index (χ2n) is 9.13. The van der Waals surface area contributed by atoms with Crippen LogP contribution in [0.4, 0.5) is 33.8 Å². The maximum Gasteiger partial charge on any atom is 0.404 e. The number of carboxylic acid groups (broad SMARTS) is 1. The van der Waals surface area contributed by atoms with Gasteiger partial charge >= 0.3 is 11.8 Å². The first-order chi connectivity index (χ1) is 16.8. The maximum absolute atomic E-state index is 11.6. The number of rotatable bonds is 8. The first-order valence-corrected chi connectivity index (χ1v) is 11.8. The molecule has 0 unspecified atom stereocenters. The molecule has 13 nitrogen and oxygen atoms in total. The van der Waals surface area contributed by atoms with Crippen LogP contribution in [0.25, 0.3) is 0 Å². The van der Waals surface area contributed by atoms with Gasteiger partial charge in [-0.2, -0.15) is 4.98 Å². The number of nitrogens with zero attached hydrogens (tertiary/aromatic N) is 6. The van der Waals surface area contributed by atoms with E-state index >= 15 is 0 Å². The number of hydrogen-bond acceptors (Lipinski definition) is 10. The number of piperazine rings is 1. The van der Waals surface area contributed by atoms with Gasteiger partial charge in [0.05, 0.1) is 22.3 Å². The van der Waals surface area contributed by atoms with Crippen molar-refractivity contribution in [2.75, 3.05) is 55.3 Å². The van der Waals surface area contributed by atoms with E-state index in [2.05, 4.69) is 47.7 Å². The van der Waals surface area contributed by atoms with Crippen molar-refractivity contribution in [2.24, 2.45) is 0 Å². The summed E-state index contributed by atoms with van der Waals surface area (Å²) in [5, 5.41) is 29.4. The van der Waals surface area contributed by atoms with Crippen molar-refractivity contribution in [1.29, 1.82) is 0 Å². The minimum atomic E-state index is -1.14. The fourth-order valence-electron chi connectivity index (χ4n) is 4.56. The Bertz CT molecular complexity index is 1040. The molecule has 0 atom stereocenters. The van der Waals surface area contributed by atoms with Crippen molar-refractivity contribution >= 4 is 35.1 Å². The molecule has 1 amide bonds. The normalized spacial score (nSPS) is 18.0. The van der Waals surface area contributed by atoms with E-state index in [1.165, 1.54) is 0 Å². The minimum Gasteiger partial charge on any atom is -0.465 e. The standard InChI is InChI=1S/C22H31N9O4/c1-29-9-11-30(12-10-29)16-5-6-18(23-13-16)26-20-24-14-17(31(34)35)19(27-20)28-22(15-25-21(32)33)7-3-2-4-8-22/h5-6,13-14,25H,2-4,7-12,15H2,1H3,(H,32,33)(H2,23,24,26,27,28). The molecule has 3 heterocycles. The number of hydrogen-bond donors (Lipinski definition) is 4. The zero-order chi connectivity index (χ0) is 24.8. The Hall–Kier alpha value is -3.74. The zero-order valence-corrected chi connectivity index (χ0v) is 19.7. The molecule has 2 aromatic heterocycles. The average molecular weight is 486 g/mol. The zero-order valence-electron chi connectivity index (χ0n) is 19.7. The number of anilines is 4. The Morgan fingerprint density at radius 2 is 1.89 bits per heavy atom. The predicted molar refractivity (Wildman–Crippen MR) is 131 cm³/mol. The highest BCUT2D eigenvalue weighted by Gasteiger charge is 2.35. The molecule has 0 radical (unpaired) electrons. The Labute approximate surface area is 203 Å². The van der Waals surface area contributed by atoms with Crippen LogP contribution in [0.15, 0.2) is 24.5 Å². The molecular formula is C22H31N9O4. The molecule has 0 bridgehead atoms. The van der Waals surface area contributed by atoms with Crippen LogP contribution < -0.4 is 20.9 Å². The van der Waals surface area contributed by atoms with E-state index in [1.54, 1.807) is 6.20 Å². The number of aromatic nitrogens is 3. The Balaban J connectivity index is 1.51. The first kappa shape index (κ1) is 24.4. The van der Waals surface area contributed by atoms with Crippen LogP contribution >= 0.6 is 0 Å². The molecule has 2 fully saturated rings. The lowest BCUT2D eigenvalue weighted by Crippen LogP contribution is -2.50. The molecule has 1 saturated heterocycles. The van der Waals surface area contributed by atoms with Gasteiger partial charge in [0.1, 0.15) is 12.0 Å². The highest BCUT2D eigenvalue weighted by atomic mass is 16.6. The molecule has 4 N–H and O–H groups in total. The van der Waals surface area contributed by atoms with Crippen LogP contribution in [0, 0.1) is 10.1 Å². The number of pyridine rings is 1. The van der Waals surface area contributed by atoms with Gasteiger partial charge in [0.25, 0.3) is 0 Å². The highest BCUT2D eigenvalue weighted by Crippen LogP contribution is 2.34. The summed E-state index contributed by atoms with van der Waals surface area (Å²) >= 11 is 0. The van der Waals surface area contributed by atoms with Crippen LogP contribution in [0.5, 0.6) is 0 Å². The molecule has 35 heavy (non-hydrogen) atoms. The van der Waals surface area contributed by atoms with Gasteiger partial charge in [0.15, 0.2) is 0 Å². The number of carbonyl (C=O) groups is 1. The van der Waals surface area contributed by atoms with Crippen LogP contribution in [-0.2, 0) is 0 Å². The van der Waals surface area contributed by atoms with E-state index < -0.39 is 16.6 Å². The third-order valence-corrected chi connectivity index (χ3v) is 6.59. The molecule has 13 heteroatoms. The molecule has 1 aliphatic carbocycles. The Morgan fingerprint density at radius 1 is 1.14 bits per heavy atom. The Morgan fingerprint density at radius 3 is 2.51 bits per heavy atom. The van der Waals surface area contributed by atoms with Gasteiger partial charge in [-0.05, 0) is 32.0 Å². The summed E-state index contributed by atoms with van der Waals surface area (Å²) in [6, 6.07) is 3.80. The number of likely N-dealkylation sites (N-methyl/N-ethyl adjacent to an activating group) is 1. The summed E-state index contributed by atoms with van der Waals surface area (Å²) in [5.74, 6) is 0.730. The van der Waals surface area contributed by atoms with Gasteiger partial charge < -0.3 is 30.9 Å². The van der Waals surface area contributed by atoms with Crippen molar-refractivity contribution < 1.29 is 14.8 Å². The molecule has 0 aromatic carbocycles. The summed E-state index contributed by atoms with van der Waals surface area (Å²) in [5.41, 5.74) is 0.102. The van der Waals surface area contributed by atoms with E-state index in [1.807, 2.05) is 12.1 Å². The van der Waals surface area contributed by atoms with Crippen molar-refractivity contribution in [3.05, 3.63) is 34.6 Å². The fraction of sp³-hybridized carbons (Fsp3) is 0.545. The van der Waals surface area contributed by atoms with Crippen LogP contribution in [0.2, 0.25) is 0 Å².